The summed E-state index contributed by atoms with van der Waals surface area (Å²) in [6.45, 7) is 0.338. The van der Waals surface area contributed by atoms with Crippen LogP contribution in [-0.2, 0) is 4.79 Å². The molecule has 1 heterocycles. The third kappa shape index (κ3) is 2.34. The summed E-state index contributed by atoms with van der Waals surface area (Å²) < 4.78 is 27.3. The number of carbonyl (C=O) groups is 1. The predicted molar refractivity (Wildman–Crippen MR) is 62.7 cm³/mol. The molecule has 0 aromatic heterocycles. The number of hydrogen-bond donors (Lipinski definition) is 2. The molecular formula is C12H15F2N3O. The SMILES string of the molecule is NNC(=O)C(F)(F)N1CCC(c2ccccc2)C1. The smallest absolute Gasteiger partial charge is 0.288 e. The number of amides is 1. The molecule has 98 valence electrons. The first kappa shape index (κ1) is 12.9. The molecule has 0 radical (unpaired) electrons. The van der Waals surface area contributed by atoms with Crippen molar-refractivity contribution in [2.45, 2.75) is 18.4 Å². The highest BCUT2D eigenvalue weighted by atomic mass is 19.3. The molecule has 1 aromatic carbocycles. The van der Waals surface area contributed by atoms with Crippen LogP contribution < -0.4 is 11.3 Å². The zero-order valence-electron chi connectivity index (χ0n) is 9.77. The Labute approximate surface area is 104 Å². The summed E-state index contributed by atoms with van der Waals surface area (Å²) in [6.07, 6.45) is 0.609. The summed E-state index contributed by atoms with van der Waals surface area (Å²) in [5.41, 5.74) is 2.52. The normalized spacial score (nSPS) is 20.9. The van der Waals surface area contributed by atoms with E-state index in [9.17, 15) is 13.6 Å². The summed E-state index contributed by atoms with van der Waals surface area (Å²) in [5.74, 6) is 3.33. The molecule has 1 aromatic rings. The van der Waals surface area contributed by atoms with Gasteiger partial charge in [-0.25, -0.2) is 10.7 Å². The number of carbonyl (C=O) groups excluding carboxylic acids is 1. The summed E-state index contributed by atoms with van der Waals surface area (Å²) in [4.78, 5) is 11.9. The van der Waals surface area contributed by atoms with E-state index in [1.807, 2.05) is 30.3 Å². The molecule has 1 aliphatic heterocycles. The van der Waals surface area contributed by atoms with Crippen LogP contribution in [0.5, 0.6) is 0 Å². The molecule has 1 unspecified atom stereocenters. The minimum Gasteiger partial charge on any atom is -0.288 e. The van der Waals surface area contributed by atoms with Crippen LogP contribution in [0.2, 0.25) is 0 Å². The van der Waals surface area contributed by atoms with Crippen LogP contribution in [0, 0.1) is 0 Å². The van der Waals surface area contributed by atoms with E-state index >= 15 is 0 Å². The first-order valence-electron chi connectivity index (χ1n) is 5.74. The van der Waals surface area contributed by atoms with Gasteiger partial charge in [-0.1, -0.05) is 30.3 Å². The van der Waals surface area contributed by atoms with E-state index in [2.05, 4.69) is 0 Å². The first-order chi connectivity index (χ1) is 8.55. The molecule has 2 rings (SSSR count). The molecule has 1 fully saturated rings. The van der Waals surface area contributed by atoms with Crippen molar-refractivity contribution >= 4 is 5.91 Å². The average molecular weight is 255 g/mol. The lowest BCUT2D eigenvalue weighted by atomic mass is 9.99. The van der Waals surface area contributed by atoms with Crippen molar-refractivity contribution in [1.29, 1.82) is 0 Å². The van der Waals surface area contributed by atoms with Crippen LogP contribution in [0.15, 0.2) is 30.3 Å². The fraction of sp³-hybridized carbons (Fsp3) is 0.417. The fourth-order valence-corrected chi connectivity index (χ4v) is 2.24. The number of nitrogens with zero attached hydrogens (tertiary/aromatic N) is 1. The molecule has 0 aliphatic carbocycles. The van der Waals surface area contributed by atoms with Crippen molar-refractivity contribution in [3.8, 4) is 0 Å². The maximum absolute atomic E-state index is 13.6. The monoisotopic (exact) mass is 255 g/mol. The van der Waals surface area contributed by atoms with Crippen LogP contribution >= 0.6 is 0 Å². The number of benzene rings is 1. The molecule has 1 aliphatic rings. The van der Waals surface area contributed by atoms with E-state index in [4.69, 9.17) is 5.84 Å². The third-order valence-electron chi connectivity index (χ3n) is 3.26. The van der Waals surface area contributed by atoms with Crippen LogP contribution in [0.25, 0.3) is 0 Å². The van der Waals surface area contributed by atoms with Gasteiger partial charge in [0.25, 0.3) is 0 Å². The van der Waals surface area contributed by atoms with Crippen LogP contribution in [0.4, 0.5) is 8.78 Å². The highest BCUT2D eigenvalue weighted by Gasteiger charge is 2.48. The lowest BCUT2D eigenvalue weighted by Crippen LogP contribution is -2.53. The van der Waals surface area contributed by atoms with Gasteiger partial charge in [-0.3, -0.25) is 10.2 Å². The van der Waals surface area contributed by atoms with Crippen molar-refractivity contribution in [1.82, 2.24) is 10.3 Å². The Kier molecular flexibility index (Phi) is 3.58. The van der Waals surface area contributed by atoms with Gasteiger partial charge in [0.2, 0.25) is 0 Å². The minimum absolute atomic E-state index is 0.0302. The molecule has 3 N–H and O–H groups in total. The Morgan fingerprint density at radius 1 is 1.39 bits per heavy atom. The summed E-state index contributed by atoms with van der Waals surface area (Å²) >= 11 is 0. The maximum Gasteiger partial charge on any atom is 0.385 e. The average Bonchev–Trinajstić information content (AvgIpc) is 2.89. The zero-order chi connectivity index (χ0) is 13.2. The van der Waals surface area contributed by atoms with Gasteiger partial charge in [0.15, 0.2) is 0 Å². The highest BCUT2D eigenvalue weighted by molar-refractivity contribution is 5.82. The highest BCUT2D eigenvalue weighted by Crippen LogP contribution is 2.33. The Hall–Kier alpha value is -1.53. The predicted octanol–water partition coefficient (Wildman–Crippen LogP) is 1.06. The number of nitrogens with two attached hydrogens (primary N) is 1. The minimum atomic E-state index is -3.54. The molecule has 6 heteroatoms. The second-order valence-electron chi connectivity index (χ2n) is 4.36. The van der Waals surface area contributed by atoms with Crippen LogP contribution in [-0.4, -0.2) is 29.9 Å². The molecule has 1 amide bonds. The molecule has 4 nitrogen and oxygen atoms in total. The van der Waals surface area contributed by atoms with E-state index in [0.29, 0.717) is 6.42 Å². The van der Waals surface area contributed by atoms with E-state index < -0.39 is 12.0 Å². The van der Waals surface area contributed by atoms with E-state index in [1.165, 1.54) is 5.43 Å². The zero-order valence-corrected chi connectivity index (χ0v) is 9.77. The van der Waals surface area contributed by atoms with Gasteiger partial charge in [0.1, 0.15) is 0 Å². The molecule has 0 spiro atoms. The van der Waals surface area contributed by atoms with Crippen LogP contribution in [0.1, 0.15) is 17.9 Å². The molecule has 0 saturated carbocycles. The van der Waals surface area contributed by atoms with Gasteiger partial charge >= 0.3 is 12.0 Å². The topological polar surface area (TPSA) is 58.4 Å². The van der Waals surface area contributed by atoms with Crippen molar-refractivity contribution < 1.29 is 13.6 Å². The molecule has 0 bridgehead atoms. The van der Waals surface area contributed by atoms with Gasteiger partial charge in [-0.05, 0) is 17.9 Å². The lowest BCUT2D eigenvalue weighted by molar-refractivity contribution is -0.175. The number of nitrogens with one attached hydrogen (secondary N) is 1. The third-order valence-corrected chi connectivity index (χ3v) is 3.26. The Bertz CT molecular complexity index is 425. The number of hydrazine groups is 1. The Morgan fingerprint density at radius 2 is 2.06 bits per heavy atom. The number of rotatable bonds is 3. The Morgan fingerprint density at radius 3 is 2.67 bits per heavy atom. The summed E-state index contributed by atoms with van der Waals surface area (Å²) in [6, 6.07) is 5.92. The van der Waals surface area contributed by atoms with Gasteiger partial charge in [0, 0.05) is 13.1 Å². The van der Waals surface area contributed by atoms with Gasteiger partial charge < -0.3 is 0 Å². The molecular weight excluding hydrogens is 240 g/mol. The van der Waals surface area contributed by atoms with Crippen LogP contribution in [0.3, 0.4) is 0 Å². The summed E-state index contributed by atoms with van der Waals surface area (Å²) in [5, 5.41) is 0. The van der Waals surface area contributed by atoms with Gasteiger partial charge in [-0.2, -0.15) is 8.78 Å². The molecule has 18 heavy (non-hydrogen) atoms. The van der Waals surface area contributed by atoms with Crippen molar-refractivity contribution in [2.75, 3.05) is 13.1 Å². The molecule has 1 atom stereocenters. The van der Waals surface area contributed by atoms with E-state index in [1.54, 1.807) is 0 Å². The van der Waals surface area contributed by atoms with E-state index in [-0.39, 0.29) is 19.0 Å². The largest absolute Gasteiger partial charge is 0.385 e. The standard InChI is InChI=1S/C12H15F2N3O/c13-12(14,11(18)16-15)17-7-6-10(8-17)9-4-2-1-3-5-9/h1-5,10H,6-8,15H2,(H,16,18). The number of alkyl halides is 2. The number of halogens is 2. The summed E-state index contributed by atoms with van der Waals surface area (Å²) in [7, 11) is 0. The van der Waals surface area contributed by atoms with Crippen molar-refractivity contribution in [3.05, 3.63) is 35.9 Å². The lowest BCUT2D eigenvalue weighted by Gasteiger charge is -2.25. The van der Waals surface area contributed by atoms with Gasteiger partial charge in [-0.15, -0.1) is 0 Å². The second kappa shape index (κ2) is 4.99. The van der Waals surface area contributed by atoms with Gasteiger partial charge in [0.05, 0.1) is 0 Å². The fourth-order valence-electron chi connectivity index (χ4n) is 2.24. The van der Waals surface area contributed by atoms with Crippen molar-refractivity contribution in [2.24, 2.45) is 5.84 Å². The maximum atomic E-state index is 13.6. The first-order valence-corrected chi connectivity index (χ1v) is 5.74. The quantitative estimate of drug-likeness (QED) is 0.367. The van der Waals surface area contributed by atoms with E-state index in [0.717, 1.165) is 10.5 Å². The number of likely N-dealkylation sites (tertiary alicyclic amines) is 1. The molecule has 1 saturated heterocycles. The Balaban J connectivity index is 2.07. The number of hydrogen-bond acceptors (Lipinski definition) is 3. The van der Waals surface area contributed by atoms with Crippen molar-refractivity contribution in [3.63, 3.8) is 0 Å². The second-order valence-corrected chi connectivity index (χ2v) is 4.36.